The second kappa shape index (κ2) is 8.96. The number of nitrogens with zero attached hydrogens (tertiary/aromatic N) is 1. The highest BCUT2D eigenvalue weighted by atomic mass is 35.5. The van der Waals surface area contributed by atoms with Crippen LogP contribution in [0.25, 0.3) is 11.0 Å². The van der Waals surface area contributed by atoms with Crippen molar-refractivity contribution in [3.8, 4) is 5.75 Å². The molecule has 0 aliphatic carbocycles. The number of imidazole rings is 1. The van der Waals surface area contributed by atoms with Crippen LogP contribution in [-0.4, -0.2) is 34.5 Å². The molecule has 0 bridgehead atoms. The number of halogens is 1. The lowest BCUT2D eigenvalue weighted by molar-refractivity contribution is -0.123. The predicted octanol–water partition coefficient (Wildman–Crippen LogP) is 4.21. The highest BCUT2D eigenvalue weighted by molar-refractivity contribution is 7.98. The molecule has 2 N–H and O–H groups in total. The monoisotopic (exact) mass is 389 g/mol. The number of carbonyl (C=O) groups excluding carboxylic acids is 1. The van der Waals surface area contributed by atoms with Gasteiger partial charge < -0.3 is 15.0 Å². The number of rotatable bonds is 8. The Bertz CT molecular complexity index is 851. The van der Waals surface area contributed by atoms with E-state index in [2.05, 4.69) is 15.3 Å². The third-order valence-corrected chi connectivity index (χ3v) is 4.84. The Kier molecular flexibility index (Phi) is 6.41. The Hall–Kier alpha value is -2.18. The quantitative estimate of drug-likeness (QED) is 0.605. The van der Waals surface area contributed by atoms with Gasteiger partial charge in [-0.1, -0.05) is 35.9 Å². The minimum absolute atomic E-state index is 0.0975. The summed E-state index contributed by atoms with van der Waals surface area (Å²) in [5, 5.41) is 3.49. The van der Waals surface area contributed by atoms with E-state index in [4.69, 9.17) is 16.3 Å². The highest BCUT2D eigenvalue weighted by Gasteiger charge is 2.18. The summed E-state index contributed by atoms with van der Waals surface area (Å²) >= 11 is 7.78. The number of hydrogen-bond acceptors (Lipinski definition) is 4. The van der Waals surface area contributed by atoms with Crippen LogP contribution >= 0.6 is 23.4 Å². The van der Waals surface area contributed by atoms with Crippen LogP contribution in [0.2, 0.25) is 5.02 Å². The van der Waals surface area contributed by atoms with Crippen LogP contribution in [0.15, 0.2) is 48.5 Å². The lowest BCUT2D eigenvalue weighted by Crippen LogP contribution is -2.33. The topological polar surface area (TPSA) is 67.0 Å². The molecule has 0 aliphatic heterocycles. The van der Waals surface area contributed by atoms with E-state index in [0.717, 1.165) is 29.0 Å². The van der Waals surface area contributed by atoms with Gasteiger partial charge in [0.05, 0.1) is 22.1 Å². The molecular weight excluding hydrogens is 370 g/mol. The van der Waals surface area contributed by atoms with Gasteiger partial charge in [0.25, 0.3) is 5.91 Å². The first-order valence-electron chi connectivity index (χ1n) is 8.27. The van der Waals surface area contributed by atoms with Crippen molar-refractivity contribution in [3.63, 3.8) is 0 Å². The number of aromatic amines is 1. The summed E-state index contributed by atoms with van der Waals surface area (Å²) < 4.78 is 5.52. The molecule has 136 valence electrons. The van der Waals surface area contributed by atoms with E-state index in [-0.39, 0.29) is 18.6 Å². The number of fused-ring (bicyclic) bond motifs is 1. The average Bonchev–Trinajstić information content (AvgIpc) is 3.08. The van der Waals surface area contributed by atoms with Gasteiger partial charge >= 0.3 is 0 Å². The third kappa shape index (κ3) is 4.71. The van der Waals surface area contributed by atoms with Gasteiger partial charge in [-0.05, 0) is 42.7 Å². The molecule has 2 aromatic carbocycles. The molecule has 0 aliphatic rings. The van der Waals surface area contributed by atoms with E-state index < -0.39 is 0 Å². The molecule has 26 heavy (non-hydrogen) atoms. The SMILES string of the molecule is CSCCC(NC(=O)COc1ccccc1Cl)c1nc2ccccc2[nH]1. The number of thioether (sulfide) groups is 1. The first-order chi connectivity index (χ1) is 12.7. The lowest BCUT2D eigenvalue weighted by Gasteiger charge is -2.16. The number of hydrogen-bond donors (Lipinski definition) is 2. The number of para-hydroxylation sites is 3. The van der Waals surface area contributed by atoms with Crippen LogP contribution in [-0.2, 0) is 4.79 Å². The number of benzene rings is 2. The number of nitrogens with one attached hydrogen (secondary N) is 2. The molecule has 1 unspecified atom stereocenters. The summed E-state index contributed by atoms with van der Waals surface area (Å²) in [6.07, 6.45) is 2.82. The Morgan fingerprint density at radius 2 is 2.04 bits per heavy atom. The van der Waals surface area contributed by atoms with Gasteiger partial charge in [-0.3, -0.25) is 4.79 Å². The van der Waals surface area contributed by atoms with Crippen LogP contribution in [0.4, 0.5) is 0 Å². The van der Waals surface area contributed by atoms with Crippen molar-refractivity contribution in [2.75, 3.05) is 18.6 Å². The minimum Gasteiger partial charge on any atom is -0.482 e. The van der Waals surface area contributed by atoms with Crippen LogP contribution < -0.4 is 10.1 Å². The molecule has 0 saturated carbocycles. The molecule has 1 aromatic heterocycles. The maximum atomic E-state index is 12.4. The van der Waals surface area contributed by atoms with Crippen LogP contribution in [0, 0.1) is 0 Å². The first kappa shape index (κ1) is 18.6. The molecular formula is C19H20ClN3O2S. The van der Waals surface area contributed by atoms with Crippen molar-refractivity contribution in [2.24, 2.45) is 0 Å². The van der Waals surface area contributed by atoms with Crippen molar-refractivity contribution in [1.82, 2.24) is 15.3 Å². The highest BCUT2D eigenvalue weighted by Crippen LogP contribution is 2.23. The summed E-state index contributed by atoms with van der Waals surface area (Å²) in [5.74, 6) is 1.95. The van der Waals surface area contributed by atoms with Crippen molar-refractivity contribution in [1.29, 1.82) is 0 Å². The zero-order chi connectivity index (χ0) is 18.4. The van der Waals surface area contributed by atoms with Crippen molar-refractivity contribution < 1.29 is 9.53 Å². The van der Waals surface area contributed by atoms with Crippen LogP contribution in [0.3, 0.4) is 0 Å². The van der Waals surface area contributed by atoms with Gasteiger partial charge in [0.1, 0.15) is 11.6 Å². The maximum Gasteiger partial charge on any atom is 0.258 e. The van der Waals surface area contributed by atoms with E-state index in [1.165, 1.54) is 0 Å². The van der Waals surface area contributed by atoms with Crippen molar-refractivity contribution >= 4 is 40.3 Å². The molecule has 1 amide bonds. The van der Waals surface area contributed by atoms with Crippen LogP contribution in [0.1, 0.15) is 18.3 Å². The fourth-order valence-corrected chi connectivity index (χ4v) is 3.25. The smallest absolute Gasteiger partial charge is 0.258 e. The van der Waals surface area contributed by atoms with E-state index in [1.54, 1.807) is 23.9 Å². The molecule has 0 fully saturated rings. The summed E-state index contributed by atoms with van der Waals surface area (Å²) in [6.45, 7) is -0.0975. The molecule has 0 spiro atoms. The van der Waals surface area contributed by atoms with E-state index in [1.807, 2.05) is 42.7 Å². The molecule has 0 saturated heterocycles. The number of H-pyrrole nitrogens is 1. The molecule has 0 radical (unpaired) electrons. The Labute approximate surface area is 161 Å². The number of carbonyl (C=O) groups is 1. The summed E-state index contributed by atoms with van der Waals surface area (Å²) in [4.78, 5) is 20.3. The van der Waals surface area contributed by atoms with Crippen LogP contribution in [0.5, 0.6) is 5.75 Å². The Morgan fingerprint density at radius 1 is 1.27 bits per heavy atom. The van der Waals surface area contributed by atoms with E-state index in [0.29, 0.717) is 10.8 Å². The minimum atomic E-state index is -0.212. The molecule has 1 heterocycles. The number of amides is 1. The standard InChI is InChI=1S/C19H20ClN3O2S/c1-26-11-10-16(19-22-14-7-3-4-8-15(14)23-19)21-18(24)12-25-17-9-5-2-6-13(17)20/h2-9,16H,10-12H2,1H3,(H,21,24)(H,22,23). The zero-order valence-electron chi connectivity index (χ0n) is 14.4. The molecule has 1 atom stereocenters. The van der Waals surface area contributed by atoms with Gasteiger partial charge in [-0.25, -0.2) is 4.98 Å². The number of aromatic nitrogens is 2. The Balaban J connectivity index is 1.67. The number of ether oxygens (including phenoxy) is 1. The van der Waals surface area contributed by atoms with Gasteiger partial charge in [-0.15, -0.1) is 0 Å². The van der Waals surface area contributed by atoms with Crippen molar-refractivity contribution in [2.45, 2.75) is 12.5 Å². The second-order valence-electron chi connectivity index (χ2n) is 5.76. The molecule has 3 aromatic rings. The third-order valence-electron chi connectivity index (χ3n) is 3.88. The van der Waals surface area contributed by atoms with Gasteiger partial charge in [0.2, 0.25) is 0 Å². The molecule has 3 rings (SSSR count). The lowest BCUT2D eigenvalue weighted by atomic mass is 10.2. The molecule has 5 nitrogen and oxygen atoms in total. The summed E-state index contributed by atoms with van der Waals surface area (Å²) in [5.41, 5.74) is 1.84. The molecule has 7 heteroatoms. The Morgan fingerprint density at radius 3 is 2.81 bits per heavy atom. The average molecular weight is 390 g/mol. The van der Waals surface area contributed by atoms with E-state index in [9.17, 15) is 4.79 Å². The van der Waals surface area contributed by atoms with Gasteiger partial charge in [0, 0.05) is 0 Å². The zero-order valence-corrected chi connectivity index (χ0v) is 15.9. The predicted molar refractivity (Wildman–Crippen MR) is 107 cm³/mol. The summed E-state index contributed by atoms with van der Waals surface area (Å²) in [6, 6.07) is 14.7. The first-order valence-corrected chi connectivity index (χ1v) is 10.0. The van der Waals surface area contributed by atoms with Gasteiger partial charge in [0.15, 0.2) is 6.61 Å². The largest absolute Gasteiger partial charge is 0.482 e. The fraction of sp³-hybridized carbons (Fsp3) is 0.263. The van der Waals surface area contributed by atoms with E-state index >= 15 is 0 Å². The van der Waals surface area contributed by atoms with Gasteiger partial charge in [-0.2, -0.15) is 11.8 Å². The second-order valence-corrected chi connectivity index (χ2v) is 7.15. The normalized spacial score (nSPS) is 12.1. The summed E-state index contributed by atoms with van der Waals surface area (Å²) in [7, 11) is 0. The fourth-order valence-electron chi connectivity index (χ4n) is 2.59. The maximum absolute atomic E-state index is 12.4. The van der Waals surface area contributed by atoms with Crippen molar-refractivity contribution in [3.05, 3.63) is 59.4 Å².